The number of fused-ring (bicyclic) bond motifs is 1. The SMILES string of the molecule is CCCNC1CCC(O)(C2Cc3ccccc3N2)CC1. The van der Waals surface area contributed by atoms with E-state index in [4.69, 9.17) is 0 Å². The highest BCUT2D eigenvalue weighted by molar-refractivity contribution is 5.57. The van der Waals surface area contributed by atoms with Crippen LogP contribution in [-0.2, 0) is 6.42 Å². The van der Waals surface area contributed by atoms with Crippen LogP contribution in [0.2, 0.25) is 0 Å². The number of hydrogen-bond acceptors (Lipinski definition) is 3. The molecule has 0 radical (unpaired) electrons. The molecular weight excluding hydrogens is 248 g/mol. The Morgan fingerprint density at radius 3 is 2.75 bits per heavy atom. The minimum Gasteiger partial charge on any atom is -0.388 e. The van der Waals surface area contributed by atoms with Crippen LogP contribution in [-0.4, -0.2) is 29.3 Å². The molecule has 2 aliphatic rings. The summed E-state index contributed by atoms with van der Waals surface area (Å²) in [6, 6.07) is 9.21. The smallest absolute Gasteiger partial charge is 0.0852 e. The van der Waals surface area contributed by atoms with Gasteiger partial charge in [-0.05, 0) is 56.7 Å². The quantitative estimate of drug-likeness (QED) is 0.791. The van der Waals surface area contributed by atoms with Crippen molar-refractivity contribution in [2.45, 2.75) is 63.1 Å². The Bertz CT molecular complexity index is 427. The first-order chi connectivity index (χ1) is 9.71. The van der Waals surface area contributed by atoms with Gasteiger partial charge in [-0.2, -0.15) is 0 Å². The van der Waals surface area contributed by atoms with Gasteiger partial charge in [0.2, 0.25) is 0 Å². The maximum absolute atomic E-state index is 11.0. The molecule has 0 spiro atoms. The van der Waals surface area contributed by atoms with E-state index in [0.29, 0.717) is 6.04 Å². The normalized spacial score (nSPS) is 32.7. The number of nitrogens with one attached hydrogen (secondary N) is 2. The van der Waals surface area contributed by atoms with E-state index in [0.717, 1.165) is 38.6 Å². The molecule has 1 heterocycles. The summed E-state index contributed by atoms with van der Waals surface area (Å²) < 4.78 is 0. The summed E-state index contributed by atoms with van der Waals surface area (Å²) in [7, 11) is 0. The molecule has 1 fully saturated rings. The van der Waals surface area contributed by atoms with Crippen LogP contribution in [0.3, 0.4) is 0 Å². The molecule has 3 rings (SSSR count). The van der Waals surface area contributed by atoms with E-state index < -0.39 is 5.60 Å². The molecule has 3 N–H and O–H groups in total. The molecule has 1 aromatic rings. The number of benzene rings is 1. The maximum atomic E-state index is 11.0. The van der Waals surface area contributed by atoms with Gasteiger partial charge in [0.25, 0.3) is 0 Å². The van der Waals surface area contributed by atoms with Crippen molar-refractivity contribution in [3.63, 3.8) is 0 Å². The predicted octanol–water partition coefficient (Wildman–Crippen LogP) is 2.70. The molecule has 1 unspecified atom stereocenters. The lowest BCUT2D eigenvalue weighted by molar-refractivity contribution is -0.0184. The van der Waals surface area contributed by atoms with Crippen molar-refractivity contribution in [2.24, 2.45) is 0 Å². The van der Waals surface area contributed by atoms with Crippen molar-refractivity contribution in [2.75, 3.05) is 11.9 Å². The Morgan fingerprint density at radius 2 is 2.05 bits per heavy atom. The average Bonchev–Trinajstić information content (AvgIpc) is 2.91. The van der Waals surface area contributed by atoms with Crippen molar-refractivity contribution >= 4 is 5.69 Å². The van der Waals surface area contributed by atoms with Gasteiger partial charge in [-0.3, -0.25) is 0 Å². The van der Waals surface area contributed by atoms with Crippen LogP contribution in [0.4, 0.5) is 5.69 Å². The summed E-state index contributed by atoms with van der Waals surface area (Å²) in [6.07, 6.45) is 6.12. The molecule has 0 aromatic heterocycles. The molecule has 1 aromatic carbocycles. The van der Waals surface area contributed by atoms with E-state index in [1.54, 1.807) is 0 Å². The van der Waals surface area contributed by atoms with Gasteiger partial charge in [-0.25, -0.2) is 0 Å². The summed E-state index contributed by atoms with van der Waals surface area (Å²) >= 11 is 0. The second kappa shape index (κ2) is 5.74. The van der Waals surface area contributed by atoms with Crippen molar-refractivity contribution in [3.8, 4) is 0 Å². The number of rotatable bonds is 4. The predicted molar refractivity (Wildman–Crippen MR) is 83.1 cm³/mol. The molecular formula is C17H26N2O. The van der Waals surface area contributed by atoms with Gasteiger partial charge in [0.15, 0.2) is 0 Å². The van der Waals surface area contributed by atoms with Gasteiger partial charge in [0.05, 0.1) is 11.6 Å². The third kappa shape index (κ3) is 2.70. The van der Waals surface area contributed by atoms with E-state index in [1.165, 1.54) is 17.7 Å². The second-order valence-corrected chi connectivity index (χ2v) is 6.39. The molecule has 110 valence electrons. The molecule has 1 saturated carbocycles. The van der Waals surface area contributed by atoms with Crippen LogP contribution in [0.25, 0.3) is 0 Å². The molecule has 3 heteroatoms. The van der Waals surface area contributed by atoms with Crippen molar-refractivity contribution in [1.29, 1.82) is 0 Å². The van der Waals surface area contributed by atoms with Crippen molar-refractivity contribution < 1.29 is 5.11 Å². The number of anilines is 1. The van der Waals surface area contributed by atoms with Crippen LogP contribution < -0.4 is 10.6 Å². The average molecular weight is 274 g/mol. The minimum absolute atomic E-state index is 0.187. The summed E-state index contributed by atoms with van der Waals surface area (Å²) in [5.74, 6) is 0. The maximum Gasteiger partial charge on any atom is 0.0852 e. The molecule has 0 bridgehead atoms. The van der Waals surface area contributed by atoms with Gasteiger partial charge in [0, 0.05) is 11.7 Å². The highest BCUT2D eigenvalue weighted by Gasteiger charge is 2.42. The monoisotopic (exact) mass is 274 g/mol. The molecule has 1 atom stereocenters. The molecule has 20 heavy (non-hydrogen) atoms. The van der Waals surface area contributed by atoms with Gasteiger partial charge < -0.3 is 15.7 Å². The Hall–Kier alpha value is -1.06. The first-order valence-corrected chi connectivity index (χ1v) is 8.01. The first kappa shape index (κ1) is 13.9. The van der Waals surface area contributed by atoms with Crippen molar-refractivity contribution in [3.05, 3.63) is 29.8 Å². The summed E-state index contributed by atoms with van der Waals surface area (Å²) in [5, 5.41) is 18.1. The highest BCUT2D eigenvalue weighted by Crippen LogP contribution is 2.38. The zero-order valence-corrected chi connectivity index (χ0v) is 12.4. The molecule has 0 amide bonds. The lowest BCUT2D eigenvalue weighted by Gasteiger charge is -2.40. The molecule has 1 aliphatic carbocycles. The van der Waals surface area contributed by atoms with E-state index in [1.807, 2.05) is 0 Å². The van der Waals surface area contributed by atoms with Crippen molar-refractivity contribution in [1.82, 2.24) is 5.32 Å². The van der Waals surface area contributed by atoms with Gasteiger partial charge in [0.1, 0.15) is 0 Å². The number of hydrogen-bond donors (Lipinski definition) is 3. The number of para-hydroxylation sites is 1. The molecule has 3 nitrogen and oxygen atoms in total. The fourth-order valence-corrected chi connectivity index (χ4v) is 3.64. The van der Waals surface area contributed by atoms with Crippen LogP contribution in [0.15, 0.2) is 24.3 Å². The van der Waals surface area contributed by atoms with Crippen LogP contribution in [0.5, 0.6) is 0 Å². The fourth-order valence-electron chi connectivity index (χ4n) is 3.64. The van der Waals surface area contributed by atoms with Crippen LogP contribution >= 0.6 is 0 Å². The summed E-state index contributed by atoms with van der Waals surface area (Å²) in [4.78, 5) is 0. The summed E-state index contributed by atoms with van der Waals surface area (Å²) in [5.41, 5.74) is 2.01. The Balaban J connectivity index is 1.59. The van der Waals surface area contributed by atoms with Crippen LogP contribution in [0.1, 0.15) is 44.6 Å². The zero-order valence-electron chi connectivity index (χ0n) is 12.4. The van der Waals surface area contributed by atoms with Gasteiger partial charge in [-0.1, -0.05) is 25.1 Å². The standard InChI is InChI=1S/C17H26N2O/c1-2-11-18-14-7-9-17(20,10-8-14)16-12-13-5-3-4-6-15(13)19-16/h3-6,14,16,18-20H,2,7-12H2,1H3. The first-order valence-electron chi connectivity index (χ1n) is 8.01. The van der Waals surface area contributed by atoms with Crippen LogP contribution in [0, 0.1) is 0 Å². The Morgan fingerprint density at radius 1 is 1.30 bits per heavy atom. The summed E-state index contributed by atoms with van der Waals surface area (Å²) in [6.45, 7) is 3.29. The third-order valence-electron chi connectivity index (χ3n) is 4.95. The zero-order chi connectivity index (χ0) is 14.0. The molecule has 0 saturated heterocycles. The van der Waals surface area contributed by atoms with Gasteiger partial charge >= 0.3 is 0 Å². The lowest BCUT2D eigenvalue weighted by atomic mass is 9.76. The Kier molecular flexibility index (Phi) is 3.99. The second-order valence-electron chi connectivity index (χ2n) is 6.39. The van der Waals surface area contributed by atoms with E-state index >= 15 is 0 Å². The third-order valence-corrected chi connectivity index (χ3v) is 4.95. The minimum atomic E-state index is -0.538. The lowest BCUT2D eigenvalue weighted by Crippen LogP contribution is -2.51. The Labute approximate surface area is 121 Å². The van der Waals surface area contributed by atoms with E-state index in [9.17, 15) is 5.11 Å². The highest BCUT2D eigenvalue weighted by atomic mass is 16.3. The fraction of sp³-hybridized carbons (Fsp3) is 0.647. The van der Waals surface area contributed by atoms with E-state index in [2.05, 4.69) is 41.8 Å². The molecule has 1 aliphatic heterocycles. The topological polar surface area (TPSA) is 44.3 Å². The largest absolute Gasteiger partial charge is 0.388 e. The number of aliphatic hydroxyl groups is 1. The van der Waals surface area contributed by atoms with E-state index in [-0.39, 0.29) is 6.04 Å². The van der Waals surface area contributed by atoms with Gasteiger partial charge in [-0.15, -0.1) is 0 Å².